The highest BCUT2D eigenvalue weighted by molar-refractivity contribution is 7.92. The third-order valence-electron chi connectivity index (χ3n) is 4.18. The van der Waals surface area contributed by atoms with E-state index in [-0.39, 0.29) is 27.6 Å². The second-order valence-electron chi connectivity index (χ2n) is 6.42. The SMILES string of the molecule is COc1ccc(Cl)cc1NS(=O)(=O)c1cccc(C(=O)Nc2cc(C)ccc2F)c1. The molecule has 0 aromatic heterocycles. The van der Waals surface area contributed by atoms with Gasteiger partial charge in [-0.25, -0.2) is 12.8 Å². The molecule has 0 spiro atoms. The zero-order valence-corrected chi connectivity index (χ0v) is 17.6. The first-order valence-electron chi connectivity index (χ1n) is 8.73. The molecule has 3 rings (SSSR count). The molecular formula is C21H18ClFN2O4S. The van der Waals surface area contributed by atoms with Crippen LogP contribution in [0.1, 0.15) is 15.9 Å². The average molecular weight is 449 g/mol. The molecule has 0 unspecified atom stereocenters. The maximum absolute atomic E-state index is 13.9. The molecule has 0 radical (unpaired) electrons. The number of methoxy groups -OCH3 is 1. The van der Waals surface area contributed by atoms with Crippen LogP contribution in [0.4, 0.5) is 15.8 Å². The second kappa shape index (κ2) is 8.73. The lowest BCUT2D eigenvalue weighted by molar-refractivity contribution is 0.102. The van der Waals surface area contributed by atoms with Crippen LogP contribution in [0, 0.1) is 12.7 Å². The van der Waals surface area contributed by atoms with Gasteiger partial charge in [0.25, 0.3) is 15.9 Å². The van der Waals surface area contributed by atoms with Gasteiger partial charge in [0.15, 0.2) is 0 Å². The van der Waals surface area contributed by atoms with E-state index in [1.807, 2.05) is 0 Å². The minimum Gasteiger partial charge on any atom is -0.495 e. The third-order valence-corrected chi connectivity index (χ3v) is 5.78. The van der Waals surface area contributed by atoms with Crippen molar-refractivity contribution in [2.24, 2.45) is 0 Å². The van der Waals surface area contributed by atoms with E-state index in [9.17, 15) is 17.6 Å². The van der Waals surface area contributed by atoms with E-state index < -0.39 is 21.7 Å². The average Bonchev–Trinajstić information content (AvgIpc) is 2.71. The first-order valence-corrected chi connectivity index (χ1v) is 10.6. The molecule has 9 heteroatoms. The molecule has 0 bridgehead atoms. The van der Waals surface area contributed by atoms with Gasteiger partial charge in [-0.1, -0.05) is 23.7 Å². The number of carbonyl (C=O) groups excluding carboxylic acids is 1. The second-order valence-corrected chi connectivity index (χ2v) is 8.53. The molecule has 0 saturated heterocycles. The minimum atomic E-state index is -4.05. The quantitative estimate of drug-likeness (QED) is 0.564. The van der Waals surface area contributed by atoms with Gasteiger partial charge in [0.1, 0.15) is 11.6 Å². The van der Waals surface area contributed by atoms with Crippen LogP contribution < -0.4 is 14.8 Å². The normalized spacial score (nSPS) is 11.1. The molecule has 0 atom stereocenters. The van der Waals surface area contributed by atoms with E-state index in [4.69, 9.17) is 16.3 Å². The van der Waals surface area contributed by atoms with Crippen molar-refractivity contribution in [1.82, 2.24) is 0 Å². The van der Waals surface area contributed by atoms with Crippen LogP contribution in [0.15, 0.2) is 65.6 Å². The number of halogens is 2. The van der Waals surface area contributed by atoms with Crippen molar-refractivity contribution in [3.63, 3.8) is 0 Å². The van der Waals surface area contributed by atoms with Crippen molar-refractivity contribution >= 4 is 38.9 Å². The van der Waals surface area contributed by atoms with Crippen LogP contribution in [0.3, 0.4) is 0 Å². The smallest absolute Gasteiger partial charge is 0.262 e. The Morgan fingerprint density at radius 1 is 1.03 bits per heavy atom. The number of carbonyl (C=O) groups is 1. The summed E-state index contributed by atoms with van der Waals surface area (Å²) in [6, 6.07) is 14.2. The maximum atomic E-state index is 13.9. The predicted molar refractivity (Wildman–Crippen MR) is 114 cm³/mol. The molecule has 6 nitrogen and oxygen atoms in total. The topological polar surface area (TPSA) is 84.5 Å². The van der Waals surface area contributed by atoms with Crippen LogP contribution in [0.2, 0.25) is 5.02 Å². The van der Waals surface area contributed by atoms with Gasteiger partial charge in [-0.2, -0.15) is 0 Å². The van der Waals surface area contributed by atoms with E-state index in [2.05, 4.69) is 10.0 Å². The number of nitrogens with one attached hydrogen (secondary N) is 2. The first kappa shape index (κ1) is 21.6. The van der Waals surface area contributed by atoms with Crippen molar-refractivity contribution in [3.8, 4) is 5.75 Å². The molecule has 0 fully saturated rings. The Morgan fingerprint density at radius 3 is 2.53 bits per heavy atom. The third kappa shape index (κ3) is 4.90. The molecule has 2 N–H and O–H groups in total. The van der Waals surface area contributed by atoms with E-state index in [0.717, 1.165) is 5.56 Å². The van der Waals surface area contributed by atoms with E-state index in [1.54, 1.807) is 19.1 Å². The summed E-state index contributed by atoms with van der Waals surface area (Å²) >= 11 is 5.94. The molecule has 156 valence electrons. The number of amides is 1. The number of anilines is 2. The Bertz CT molecular complexity index is 1220. The zero-order chi connectivity index (χ0) is 21.9. The number of sulfonamides is 1. The summed E-state index contributed by atoms with van der Waals surface area (Å²) in [5.74, 6) is -0.948. The summed E-state index contributed by atoms with van der Waals surface area (Å²) in [5, 5.41) is 2.78. The zero-order valence-electron chi connectivity index (χ0n) is 16.1. The summed E-state index contributed by atoms with van der Waals surface area (Å²) in [6.45, 7) is 1.76. The van der Waals surface area contributed by atoms with Gasteiger partial charge in [-0.3, -0.25) is 9.52 Å². The Morgan fingerprint density at radius 2 is 1.80 bits per heavy atom. The highest BCUT2D eigenvalue weighted by Gasteiger charge is 2.19. The summed E-state index contributed by atoms with van der Waals surface area (Å²) in [5.41, 5.74) is 0.983. The summed E-state index contributed by atoms with van der Waals surface area (Å²) < 4.78 is 47.1. The van der Waals surface area contributed by atoms with Crippen molar-refractivity contribution in [2.75, 3.05) is 17.1 Å². The number of hydrogen-bond donors (Lipinski definition) is 2. The van der Waals surface area contributed by atoms with Gasteiger partial charge in [0.05, 0.1) is 23.4 Å². The van der Waals surface area contributed by atoms with Crippen LogP contribution >= 0.6 is 11.6 Å². The fourth-order valence-corrected chi connectivity index (χ4v) is 3.98. The predicted octanol–water partition coefficient (Wildman–Crippen LogP) is 4.85. The molecule has 30 heavy (non-hydrogen) atoms. The van der Waals surface area contributed by atoms with Crippen molar-refractivity contribution in [1.29, 1.82) is 0 Å². The summed E-state index contributed by atoms with van der Waals surface area (Å²) in [7, 11) is -2.65. The fourth-order valence-electron chi connectivity index (χ4n) is 2.70. The first-order chi connectivity index (χ1) is 14.2. The highest BCUT2D eigenvalue weighted by Crippen LogP contribution is 2.30. The lowest BCUT2D eigenvalue weighted by Gasteiger charge is -2.13. The van der Waals surface area contributed by atoms with Crippen molar-refractivity contribution in [3.05, 3.63) is 82.6 Å². The van der Waals surface area contributed by atoms with Crippen molar-refractivity contribution in [2.45, 2.75) is 11.8 Å². The van der Waals surface area contributed by atoms with Gasteiger partial charge in [0, 0.05) is 10.6 Å². The van der Waals surface area contributed by atoms with Crippen LogP contribution in [0.5, 0.6) is 5.75 Å². The van der Waals surface area contributed by atoms with Crippen LogP contribution in [0.25, 0.3) is 0 Å². The van der Waals surface area contributed by atoms with Gasteiger partial charge >= 0.3 is 0 Å². The molecule has 0 aliphatic carbocycles. The molecule has 0 aliphatic rings. The fraction of sp³-hybridized carbons (Fsp3) is 0.0952. The molecule has 0 saturated carbocycles. The highest BCUT2D eigenvalue weighted by atomic mass is 35.5. The number of hydrogen-bond acceptors (Lipinski definition) is 4. The van der Waals surface area contributed by atoms with Gasteiger partial charge < -0.3 is 10.1 Å². The largest absolute Gasteiger partial charge is 0.495 e. The van der Waals surface area contributed by atoms with E-state index in [1.165, 1.54) is 55.6 Å². The maximum Gasteiger partial charge on any atom is 0.262 e. The van der Waals surface area contributed by atoms with Gasteiger partial charge in [-0.05, 0) is 61.0 Å². The summed E-state index contributed by atoms with van der Waals surface area (Å²) in [4.78, 5) is 12.4. The molecule has 3 aromatic carbocycles. The summed E-state index contributed by atoms with van der Waals surface area (Å²) in [6.07, 6.45) is 0. The van der Waals surface area contributed by atoms with Crippen LogP contribution in [-0.4, -0.2) is 21.4 Å². The molecule has 0 heterocycles. The Kier molecular flexibility index (Phi) is 6.28. The Balaban J connectivity index is 1.88. The van der Waals surface area contributed by atoms with E-state index in [0.29, 0.717) is 5.02 Å². The minimum absolute atomic E-state index is 0.00930. The van der Waals surface area contributed by atoms with Gasteiger partial charge in [-0.15, -0.1) is 0 Å². The Hall–Kier alpha value is -3.10. The molecule has 3 aromatic rings. The van der Waals surface area contributed by atoms with Crippen LogP contribution in [-0.2, 0) is 10.0 Å². The lowest BCUT2D eigenvalue weighted by atomic mass is 10.2. The number of rotatable bonds is 6. The molecule has 0 aliphatic heterocycles. The van der Waals surface area contributed by atoms with Crippen molar-refractivity contribution < 1.29 is 22.3 Å². The number of ether oxygens (including phenoxy) is 1. The number of aryl methyl sites for hydroxylation is 1. The molecule has 1 amide bonds. The number of benzene rings is 3. The van der Waals surface area contributed by atoms with Gasteiger partial charge in [0.2, 0.25) is 0 Å². The van der Waals surface area contributed by atoms with E-state index >= 15 is 0 Å². The standard InChI is InChI=1S/C21H18ClFN2O4S/c1-13-6-8-17(23)18(10-13)24-21(26)14-4-3-5-16(11-14)30(27,28)25-19-12-15(22)7-9-20(19)29-2/h3-12,25H,1-2H3,(H,24,26). The Labute approximate surface area is 178 Å². The lowest BCUT2D eigenvalue weighted by Crippen LogP contribution is -2.16. The monoisotopic (exact) mass is 448 g/mol. The molecular weight excluding hydrogens is 431 g/mol.